The van der Waals surface area contributed by atoms with Crippen LogP contribution in [0, 0.1) is 0 Å². The standard InChI is InChI=1S/Cl2H2O4P2S/c1-7(3,4)9-8(2,5)6/h(H,3,4)(H,5,6). The summed E-state index contributed by atoms with van der Waals surface area (Å²) >= 11 is 9.12. The van der Waals surface area contributed by atoms with Gasteiger partial charge >= 0.3 is 11.8 Å². The molecule has 0 spiro atoms. The highest BCUT2D eigenvalue weighted by Crippen LogP contribution is 2.78. The highest BCUT2D eigenvalue weighted by Gasteiger charge is 2.28. The van der Waals surface area contributed by atoms with Crippen molar-refractivity contribution in [3.8, 4) is 0 Å². The predicted molar refractivity (Wildman–Crippen MR) is 38.9 cm³/mol. The van der Waals surface area contributed by atoms with Crippen molar-refractivity contribution in [2.75, 3.05) is 0 Å². The molecule has 0 heterocycles. The van der Waals surface area contributed by atoms with Gasteiger partial charge in [0.2, 0.25) is 0 Å². The minimum Gasteiger partial charge on any atom is -0.325 e. The molecule has 0 aromatic heterocycles. The minimum absolute atomic E-state index is 0.233. The van der Waals surface area contributed by atoms with E-state index in [1.807, 2.05) is 0 Å². The number of hydrogen-bond donors (Lipinski definition) is 2. The largest absolute Gasteiger partial charge is 0.354 e. The van der Waals surface area contributed by atoms with E-state index in [1.165, 1.54) is 0 Å². The number of rotatable bonds is 2. The van der Waals surface area contributed by atoms with Gasteiger partial charge in [-0.15, -0.1) is 0 Å². The van der Waals surface area contributed by atoms with Crippen LogP contribution in [0.5, 0.6) is 0 Å². The third kappa shape index (κ3) is 9.31. The Bertz CT molecular complexity index is 157. The van der Waals surface area contributed by atoms with E-state index < -0.39 is 11.8 Å². The first-order valence-corrected chi connectivity index (χ1v) is 8.62. The zero-order valence-corrected chi connectivity index (χ0v) is 7.89. The van der Waals surface area contributed by atoms with Gasteiger partial charge < -0.3 is 9.79 Å². The third-order valence-electron chi connectivity index (χ3n) is 0.201. The van der Waals surface area contributed by atoms with Gasteiger partial charge in [-0.1, -0.05) is 0 Å². The molecule has 9 heavy (non-hydrogen) atoms. The van der Waals surface area contributed by atoms with Gasteiger partial charge in [0.05, 0.1) is 11.0 Å². The molecular weight excluding hydrogens is 229 g/mol. The van der Waals surface area contributed by atoms with Crippen LogP contribution in [0.15, 0.2) is 0 Å². The molecule has 0 amide bonds. The Kier molecular flexibility index (Phi) is 3.60. The van der Waals surface area contributed by atoms with E-state index >= 15 is 0 Å². The zero-order chi connectivity index (χ0) is 7.71. The summed E-state index contributed by atoms with van der Waals surface area (Å²) in [5.74, 6) is -8.09. The van der Waals surface area contributed by atoms with E-state index in [4.69, 9.17) is 9.79 Å². The van der Waals surface area contributed by atoms with Gasteiger partial charge in [0.25, 0.3) is 0 Å². The predicted octanol–water partition coefficient (Wildman–Crippen LogP) is 2.40. The van der Waals surface area contributed by atoms with Crippen molar-refractivity contribution in [3.63, 3.8) is 0 Å². The molecule has 0 bridgehead atoms. The molecule has 0 saturated carbocycles. The summed E-state index contributed by atoms with van der Waals surface area (Å²) in [5, 5.41) is 0. The van der Waals surface area contributed by atoms with Gasteiger partial charge in [0, 0.05) is 0 Å². The van der Waals surface area contributed by atoms with Gasteiger partial charge in [-0.05, 0) is 22.5 Å². The van der Waals surface area contributed by atoms with Crippen molar-refractivity contribution in [2.45, 2.75) is 0 Å². The summed E-state index contributed by atoms with van der Waals surface area (Å²) in [4.78, 5) is 16.4. The second-order valence-electron chi connectivity index (χ2n) is 0.985. The van der Waals surface area contributed by atoms with Crippen LogP contribution in [0.2, 0.25) is 0 Å². The first-order valence-electron chi connectivity index (χ1n) is 1.47. The molecule has 0 aliphatic carbocycles. The normalized spacial score (nSPS) is 24.4. The average molecular weight is 231 g/mol. The molecule has 0 aromatic carbocycles. The molecule has 0 radical (unpaired) electrons. The van der Waals surface area contributed by atoms with Crippen LogP contribution in [0.4, 0.5) is 0 Å². The highest BCUT2D eigenvalue weighted by molar-refractivity contribution is 8.93. The fraction of sp³-hybridized carbons (Fsp3) is 0. The van der Waals surface area contributed by atoms with Crippen molar-refractivity contribution >= 4 is 45.3 Å². The molecule has 56 valence electrons. The van der Waals surface area contributed by atoms with Crippen LogP contribution >= 0.6 is 45.3 Å². The molecule has 0 aliphatic heterocycles. The maximum absolute atomic E-state index is 10.1. The lowest BCUT2D eigenvalue weighted by Gasteiger charge is -2.00. The summed E-state index contributed by atoms with van der Waals surface area (Å²) in [6.45, 7) is 0. The Morgan fingerprint density at radius 1 is 1.11 bits per heavy atom. The highest BCUT2D eigenvalue weighted by atomic mass is 35.7. The first kappa shape index (κ1) is 10.3. The van der Waals surface area contributed by atoms with Gasteiger partial charge in [-0.25, -0.2) is 0 Å². The lowest BCUT2D eigenvalue weighted by molar-refractivity contribution is 0.510. The maximum atomic E-state index is 10.1. The second kappa shape index (κ2) is 3.14. The lowest BCUT2D eigenvalue weighted by Crippen LogP contribution is -1.58. The second-order valence-corrected chi connectivity index (χ2v) is 11.8. The minimum atomic E-state index is -4.04. The van der Waals surface area contributed by atoms with Crippen LogP contribution in [0.1, 0.15) is 0 Å². The van der Waals surface area contributed by atoms with Gasteiger partial charge in [0.15, 0.2) is 0 Å². The monoisotopic (exact) mass is 230 g/mol. The summed E-state index contributed by atoms with van der Waals surface area (Å²) in [7, 11) is 0. The van der Waals surface area contributed by atoms with Crippen LogP contribution in [0.3, 0.4) is 0 Å². The van der Waals surface area contributed by atoms with E-state index in [9.17, 15) is 9.13 Å². The molecule has 0 aliphatic rings. The van der Waals surface area contributed by atoms with Crippen LogP contribution in [-0.2, 0) is 9.13 Å². The number of hydrogen-bond acceptors (Lipinski definition) is 3. The summed E-state index contributed by atoms with van der Waals surface area (Å²) in [6, 6.07) is 0. The van der Waals surface area contributed by atoms with Crippen molar-refractivity contribution in [2.24, 2.45) is 0 Å². The first-order chi connectivity index (χ1) is 3.71. The SMILES string of the molecule is O=P(O)(Cl)SP(=O)(O)Cl. The quantitative estimate of drug-likeness (QED) is 0.713. The molecule has 0 rings (SSSR count). The Hall–Kier alpha value is 1.31. The maximum Gasteiger partial charge on any atom is 0.354 e. The molecular formula is H2Cl2O4P2S. The molecule has 4 nitrogen and oxygen atoms in total. The molecule has 2 unspecified atom stereocenters. The summed E-state index contributed by atoms with van der Waals surface area (Å²) in [6.07, 6.45) is 0. The number of halogens is 2. The van der Waals surface area contributed by atoms with Gasteiger partial charge in [-0.3, -0.25) is 9.13 Å². The van der Waals surface area contributed by atoms with Gasteiger partial charge in [-0.2, -0.15) is 0 Å². The molecule has 2 atom stereocenters. The van der Waals surface area contributed by atoms with Crippen molar-refractivity contribution < 1.29 is 18.9 Å². The Morgan fingerprint density at radius 3 is 1.33 bits per heavy atom. The lowest BCUT2D eigenvalue weighted by atomic mass is 15.9. The summed E-state index contributed by atoms with van der Waals surface area (Å²) in [5.41, 5.74) is 0. The fourth-order valence-electron chi connectivity index (χ4n) is 0.124. The van der Waals surface area contributed by atoms with E-state index in [-0.39, 0.29) is 11.0 Å². The average Bonchev–Trinajstić information content (AvgIpc) is 1.14. The third-order valence-corrected chi connectivity index (χ3v) is 8.77. The topological polar surface area (TPSA) is 74.6 Å². The Morgan fingerprint density at radius 2 is 1.33 bits per heavy atom. The van der Waals surface area contributed by atoms with E-state index in [0.717, 1.165) is 0 Å². The van der Waals surface area contributed by atoms with Crippen molar-refractivity contribution in [3.05, 3.63) is 0 Å². The van der Waals surface area contributed by atoms with E-state index in [2.05, 4.69) is 22.5 Å². The Labute approximate surface area is 64.5 Å². The van der Waals surface area contributed by atoms with Crippen molar-refractivity contribution in [1.29, 1.82) is 0 Å². The summed E-state index contributed by atoms with van der Waals surface area (Å²) < 4.78 is 20.2. The van der Waals surface area contributed by atoms with Crippen LogP contribution in [-0.4, -0.2) is 9.79 Å². The molecule has 0 saturated heterocycles. The smallest absolute Gasteiger partial charge is 0.325 e. The fourth-order valence-corrected chi connectivity index (χ4v) is 8.72. The Balaban J connectivity index is 4.07. The molecule has 0 fully saturated rings. The van der Waals surface area contributed by atoms with Crippen LogP contribution in [0.25, 0.3) is 0 Å². The molecule has 9 heteroatoms. The molecule has 0 aromatic rings. The van der Waals surface area contributed by atoms with E-state index in [0.29, 0.717) is 0 Å². The van der Waals surface area contributed by atoms with Gasteiger partial charge in [0.1, 0.15) is 0 Å². The van der Waals surface area contributed by atoms with Crippen molar-refractivity contribution in [1.82, 2.24) is 0 Å². The van der Waals surface area contributed by atoms with E-state index in [1.54, 1.807) is 0 Å². The zero-order valence-electron chi connectivity index (χ0n) is 3.77. The van der Waals surface area contributed by atoms with Crippen LogP contribution < -0.4 is 0 Å². The molecule has 2 N–H and O–H groups in total.